The molecular formula is C30H35FN4O. The Hall–Kier alpha value is -3.54. The van der Waals surface area contributed by atoms with E-state index in [1.165, 1.54) is 28.9 Å². The van der Waals surface area contributed by atoms with Gasteiger partial charge in [-0.05, 0) is 79.6 Å². The maximum absolute atomic E-state index is 13.4. The summed E-state index contributed by atoms with van der Waals surface area (Å²) in [5, 5.41) is 5.37. The first-order valence-corrected chi connectivity index (χ1v) is 12.9. The molecule has 2 aromatic rings. The van der Waals surface area contributed by atoms with Gasteiger partial charge in [0.2, 0.25) is 0 Å². The second-order valence-corrected chi connectivity index (χ2v) is 10.2. The zero-order valence-electron chi connectivity index (χ0n) is 21.5. The average Bonchev–Trinajstić information content (AvgIpc) is 3.49. The second kappa shape index (κ2) is 9.84. The summed E-state index contributed by atoms with van der Waals surface area (Å²) in [4.78, 5) is 15.2. The Bertz CT molecular complexity index is 1240. The summed E-state index contributed by atoms with van der Waals surface area (Å²) >= 11 is 0. The smallest absolute Gasteiger partial charge is 0.253 e. The Morgan fingerprint density at radius 2 is 1.94 bits per heavy atom. The largest absolute Gasteiger partial charge is 0.377 e. The molecule has 0 saturated heterocycles. The van der Waals surface area contributed by atoms with Crippen LogP contribution < -0.4 is 20.7 Å². The van der Waals surface area contributed by atoms with Gasteiger partial charge >= 0.3 is 0 Å². The fraction of sp³-hybridized carbons (Fsp3) is 0.367. The van der Waals surface area contributed by atoms with Crippen molar-refractivity contribution in [3.8, 4) is 0 Å². The number of anilines is 2. The van der Waals surface area contributed by atoms with E-state index in [-0.39, 0.29) is 17.8 Å². The van der Waals surface area contributed by atoms with E-state index in [0.29, 0.717) is 17.4 Å². The molecule has 3 aliphatic rings. The van der Waals surface area contributed by atoms with Crippen molar-refractivity contribution >= 4 is 17.3 Å². The molecule has 3 atom stereocenters. The highest BCUT2D eigenvalue weighted by atomic mass is 19.1. The Labute approximate surface area is 213 Å². The van der Waals surface area contributed by atoms with Crippen LogP contribution in [0.5, 0.6) is 0 Å². The van der Waals surface area contributed by atoms with E-state index in [4.69, 9.17) is 0 Å². The van der Waals surface area contributed by atoms with Gasteiger partial charge in [0.05, 0.1) is 16.9 Å². The first-order valence-electron chi connectivity index (χ1n) is 12.9. The third-order valence-electron chi connectivity index (χ3n) is 7.81. The number of para-hydroxylation sites is 1. The number of carbonyl (C=O) groups is 1. The summed E-state index contributed by atoms with van der Waals surface area (Å²) in [6, 6.07) is 14.5. The summed E-state index contributed by atoms with van der Waals surface area (Å²) in [5.74, 6) is 0.509. The molecule has 0 saturated carbocycles. The fourth-order valence-electron chi connectivity index (χ4n) is 5.95. The van der Waals surface area contributed by atoms with Gasteiger partial charge in [-0.25, -0.2) is 4.39 Å². The Morgan fingerprint density at radius 3 is 2.67 bits per heavy atom. The molecule has 0 spiro atoms. The van der Waals surface area contributed by atoms with Crippen molar-refractivity contribution in [2.24, 2.45) is 11.8 Å². The van der Waals surface area contributed by atoms with Gasteiger partial charge in [-0.15, -0.1) is 0 Å². The Morgan fingerprint density at radius 1 is 1.19 bits per heavy atom. The summed E-state index contributed by atoms with van der Waals surface area (Å²) in [6.45, 7) is 4.44. The zero-order chi connectivity index (χ0) is 25.4. The number of hydrogen-bond acceptors (Lipinski definition) is 4. The molecule has 1 amide bonds. The lowest BCUT2D eigenvalue weighted by atomic mass is 9.78. The minimum Gasteiger partial charge on any atom is -0.377 e. The number of rotatable bonds is 7. The highest BCUT2D eigenvalue weighted by Crippen LogP contribution is 2.49. The number of nitrogens with one attached hydrogen (secondary N) is 2. The van der Waals surface area contributed by atoms with Crippen LogP contribution in [0.25, 0.3) is 0 Å². The SMILES string of the molecule is CCC(C[C@H]1CCC2=C1[C@@H](C)C1=CNN(c3ccc(F)cc3)C1=C2)NC(=O)c1ccccc1N(C)C. The molecule has 1 unspecified atom stereocenters. The van der Waals surface area contributed by atoms with Crippen LogP contribution in [-0.2, 0) is 0 Å². The standard InChI is InChI=1S/C30H35FN4O/c1-5-23(33-30(36)25-8-6-7-9-27(25)34(3)4)16-20-10-11-21-17-28-26(19(2)29(20)21)18-32-35(28)24-14-12-22(31)13-15-24/h6-9,12-15,17-20,23,32H,5,10-11,16H2,1-4H3,(H,33,36)/t19-,20+,23?/m0/s1. The van der Waals surface area contributed by atoms with Crippen LogP contribution in [0, 0.1) is 17.7 Å². The molecule has 5 nitrogen and oxygen atoms in total. The van der Waals surface area contributed by atoms with E-state index in [1.54, 1.807) is 12.1 Å². The minimum atomic E-state index is -0.233. The van der Waals surface area contributed by atoms with Crippen LogP contribution >= 0.6 is 0 Å². The maximum Gasteiger partial charge on any atom is 0.253 e. The number of hydrogen-bond donors (Lipinski definition) is 2. The lowest BCUT2D eigenvalue weighted by molar-refractivity contribution is 0.0931. The van der Waals surface area contributed by atoms with E-state index in [0.717, 1.165) is 42.8 Å². The van der Waals surface area contributed by atoms with E-state index < -0.39 is 0 Å². The Kier molecular flexibility index (Phi) is 6.61. The van der Waals surface area contributed by atoms with Crippen LogP contribution in [-0.4, -0.2) is 26.0 Å². The van der Waals surface area contributed by atoms with Gasteiger partial charge in [-0.1, -0.05) is 31.6 Å². The predicted molar refractivity (Wildman–Crippen MR) is 144 cm³/mol. The van der Waals surface area contributed by atoms with E-state index in [1.807, 2.05) is 48.3 Å². The molecule has 188 valence electrons. The number of nitrogens with zero attached hydrogens (tertiary/aromatic N) is 2. The zero-order valence-corrected chi connectivity index (χ0v) is 21.5. The molecule has 2 aromatic carbocycles. The number of amides is 1. The predicted octanol–water partition coefficient (Wildman–Crippen LogP) is 5.94. The summed E-state index contributed by atoms with van der Waals surface area (Å²) in [7, 11) is 3.93. The van der Waals surface area contributed by atoms with Crippen molar-refractivity contribution in [3.05, 3.63) is 94.6 Å². The highest BCUT2D eigenvalue weighted by molar-refractivity contribution is 5.99. The average molecular weight is 487 g/mol. The van der Waals surface area contributed by atoms with Gasteiger partial charge in [0.15, 0.2) is 0 Å². The molecule has 2 N–H and O–H groups in total. The molecule has 2 aliphatic carbocycles. The molecule has 1 heterocycles. The molecule has 0 radical (unpaired) electrons. The third kappa shape index (κ3) is 4.41. The molecule has 0 bridgehead atoms. The highest BCUT2D eigenvalue weighted by Gasteiger charge is 2.38. The number of fused-ring (bicyclic) bond motifs is 1. The van der Waals surface area contributed by atoms with Crippen molar-refractivity contribution in [2.75, 3.05) is 24.0 Å². The summed E-state index contributed by atoms with van der Waals surface area (Å²) < 4.78 is 13.4. The number of carbonyl (C=O) groups excluding carboxylic acids is 1. The van der Waals surface area contributed by atoms with E-state index in [9.17, 15) is 9.18 Å². The van der Waals surface area contributed by atoms with Gasteiger partial charge < -0.3 is 15.6 Å². The topological polar surface area (TPSA) is 47.6 Å². The second-order valence-electron chi connectivity index (χ2n) is 10.2. The van der Waals surface area contributed by atoms with Crippen molar-refractivity contribution in [1.29, 1.82) is 0 Å². The molecule has 5 rings (SSSR count). The first kappa shape index (κ1) is 24.2. The number of allylic oxidation sites excluding steroid dienone is 4. The molecular weight excluding hydrogens is 451 g/mol. The Balaban J connectivity index is 1.33. The number of benzene rings is 2. The van der Waals surface area contributed by atoms with Gasteiger partial charge in [-0.3, -0.25) is 9.80 Å². The first-order chi connectivity index (χ1) is 17.4. The van der Waals surface area contributed by atoms with Crippen LogP contribution in [0.3, 0.4) is 0 Å². The van der Waals surface area contributed by atoms with Gasteiger partial charge in [0.1, 0.15) is 5.82 Å². The van der Waals surface area contributed by atoms with E-state index >= 15 is 0 Å². The van der Waals surface area contributed by atoms with Crippen LogP contribution in [0.1, 0.15) is 49.9 Å². The lowest BCUT2D eigenvalue weighted by Crippen LogP contribution is -2.37. The molecule has 0 aromatic heterocycles. The van der Waals surface area contributed by atoms with Gasteiger partial charge in [0.25, 0.3) is 5.91 Å². The van der Waals surface area contributed by atoms with Crippen LogP contribution in [0.15, 0.2) is 83.2 Å². The van der Waals surface area contributed by atoms with Crippen molar-refractivity contribution in [2.45, 2.75) is 45.6 Å². The molecule has 36 heavy (non-hydrogen) atoms. The van der Waals surface area contributed by atoms with Crippen molar-refractivity contribution in [1.82, 2.24) is 10.7 Å². The molecule has 6 heteroatoms. The molecule has 1 aliphatic heterocycles. The number of halogens is 1. The third-order valence-corrected chi connectivity index (χ3v) is 7.81. The van der Waals surface area contributed by atoms with Gasteiger partial charge in [0, 0.05) is 43.5 Å². The maximum atomic E-state index is 13.4. The normalized spacial score (nSPS) is 21.3. The molecule has 0 fully saturated rings. The van der Waals surface area contributed by atoms with Crippen LogP contribution in [0.4, 0.5) is 15.8 Å². The fourth-order valence-corrected chi connectivity index (χ4v) is 5.95. The van der Waals surface area contributed by atoms with Crippen molar-refractivity contribution in [3.63, 3.8) is 0 Å². The van der Waals surface area contributed by atoms with Gasteiger partial charge in [-0.2, -0.15) is 0 Å². The summed E-state index contributed by atoms with van der Waals surface area (Å²) in [5.41, 5.74) is 11.3. The van der Waals surface area contributed by atoms with E-state index in [2.05, 4.69) is 36.9 Å². The van der Waals surface area contributed by atoms with Crippen LogP contribution in [0.2, 0.25) is 0 Å². The summed E-state index contributed by atoms with van der Waals surface area (Å²) in [6.07, 6.45) is 8.38. The number of hydrazine groups is 1. The lowest BCUT2D eigenvalue weighted by Gasteiger charge is -2.31. The monoisotopic (exact) mass is 486 g/mol. The van der Waals surface area contributed by atoms with Crippen molar-refractivity contribution < 1.29 is 9.18 Å². The quantitative estimate of drug-likeness (QED) is 0.509. The minimum absolute atomic E-state index is 0.00475.